The number of likely N-dealkylation sites (tertiary alicyclic amines) is 1. The van der Waals surface area contributed by atoms with E-state index in [1.165, 1.54) is 29.5 Å². The Morgan fingerprint density at radius 1 is 1.15 bits per heavy atom. The predicted octanol–water partition coefficient (Wildman–Crippen LogP) is 5.26. The molecular formula is C28H30N2O4. The molecule has 2 fully saturated rings. The van der Waals surface area contributed by atoms with E-state index >= 15 is 0 Å². The molecule has 1 saturated carbocycles. The summed E-state index contributed by atoms with van der Waals surface area (Å²) in [6.45, 7) is 6.95. The molecule has 1 aliphatic carbocycles. The summed E-state index contributed by atoms with van der Waals surface area (Å²) in [5.74, 6) is 1.71. The van der Waals surface area contributed by atoms with Gasteiger partial charge in [0, 0.05) is 45.3 Å². The lowest BCUT2D eigenvalue weighted by molar-refractivity contribution is -0.0627. The van der Waals surface area contributed by atoms with Gasteiger partial charge in [0.05, 0.1) is 17.0 Å². The van der Waals surface area contributed by atoms with Crippen LogP contribution in [-0.2, 0) is 17.8 Å². The zero-order valence-electron chi connectivity index (χ0n) is 19.4. The highest BCUT2D eigenvalue weighted by Gasteiger charge is 2.42. The van der Waals surface area contributed by atoms with Gasteiger partial charge in [-0.25, -0.2) is 4.79 Å². The molecule has 176 valence electrons. The minimum Gasteiger partial charge on any atom is -0.478 e. The number of aromatic carboxylic acids is 1. The number of fused-ring (bicyclic) bond motifs is 1. The van der Waals surface area contributed by atoms with E-state index < -0.39 is 5.97 Å². The third-order valence-electron chi connectivity index (χ3n) is 7.67. The van der Waals surface area contributed by atoms with Crippen LogP contribution in [0.15, 0.2) is 53.9 Å². The van der Waals surface area contributed by atoms with Crippen molar-refractivity contribution in [2.75, 3.05) is 13.1 Å². The van der Waals surface area contributed by atoms with Crippen LogP contribution < -0.4 is 4.74 Å². The van der Waals surface area contributed by atoms with Gasteiger partial charge in [-0.2, -0.15) is 0 Å². The summed E-state index contributed by atoms with van der Waals surface area (Å²) < 4.78 is 6.07. The van der Waals surface area contributed by atoms with Crippen molar-refractivity contribution in [3.8, 4) is 5.75 Å². The van der Waals surface area contributed by atoms with Crippen LogP contribution in [0.3, 0.4) is 0 Å². The smallest absolute Gasteiger partial charge is 0.335 e. The van der Waals surface area contributed by atoms with E-state index in [1.54, 1.807) is 12.1 Å². The minimum absolute atomic E-state index is 0.236. The molecule has 6 heteroatoms. The first-order valence-electron chi connectivity index (χ1n) is 12.3. The van der Waals surface area contributed by atoms with Gasteiger partial charge >= 0.3 is 5.97 Å². The highest BCUT2D eigenvalue weighted by molar-refractivity contribution is 6.02. The number of benzene rings is 2. The summed E-state index contributed by atoms with van der Waals surface area (Å²) in [6.07, 6.45) is 7.11. The molecule has 3 aliphatic heterocycles. The van der Waals surface area contributed by atoms with Crippen molar-refractivity contribution in [1.29, 1.82) is 0 Å². The topological polar surface area (TPSA) is 71.4 Å². The van der Waals surface area contributed by atoms with Gasteiger partial charge in [-0.1, -0.05) is 36.0 Å². The summed E-state index contributed by atoms with van der Waals surface area (Å²) in [4.78, 5) is 19.6. The van der Waals surface area contributed by atoms with Gasteiger partial charge in [0.25, 0.3) is 0 Å². The maximum Gasteiger partial charge on any atom is 0.335 e. The van der Waals surface area contributed by atoms with Crippen LogP contribution in [-0.4, -0.2) is 40.4 Å². The molecule has 1 saturated heterocycles. The van der Waals surface area contributed by atoms with Crippen LogP contribution in [0, 0.1) is 0 Å². The second-order valence-corrected chi connectivity index (χ2v) is 10.2. The van der Waals surface area contributed by atoms with Gasteiger partial charge in [0.15, 0.2) is 0 Å². The zero-order valence-corrected chi connectivity index (χ0v) is 19.4. The van der Waals surface area contributed by atoms with E-state index in [1.807, 2.05) is 12.1 Å². The van der Waals surface area contributed by atoms with E-state index in [0.29, 0.717) is 5.92 Å². The fourth-order valence-corrected chi connectivity index (χ4v) is 5.48. The van der Waals surface area contributed by atoms with Gasteiger partial charge in [-0.05, 0) is 59.6 Å². The number of carboxylic acids is 1. The number of hydrogen-bond donors (Lipinski definition) is 1. The number of carbonyl (C=O) groups is 1. The standard InChI is InChI=1S/C28H30N2O4/c1-18-2-3-23-14-19(15-24(20-4-5-20)26(23)33-18)17-30-12-10-28(11-13-30)16-25(29-34-28)21-6-8-22(9-7-21)27(31)32/h6-9,14-15,20H,1-5,10-13,16-17H2,(H,31,32). The van der Waals surface area contributed by atoms with Crippen molar-refractivity contribution in [3.63, 3.8) is 0 Å². The molecule has 6 rings (SSSR count). The summed E-state index contributed by atoms with van der Waals surface area (Å²) in [5, 5.41) is 13.5. The van der Waals surface area contributed by atoms with Gasteiger partial charge in [0.1, 0.15) is 11.4 Å². The summed E-state index contributed by atoms with van der Waals surface area (Å²) >= 11 is 0. The van der Waals surface area contributed by atoms with Crippen molar-refractivity contribution in [2.24, 2.45) is 5.16 Å². The molecular weight excluding hydrogens is 428 g/mol. The molecule has 4 aliphatic rings. The van der Waals surface area contributed by atoms with E-state index in [-0.39, 0.29) is 11.2 Å². The Hall–Kier alpha value is -3.12. The molecule has 0 aromatic heterocycles. The lowest BCUT2D eigenvalue weighted by Gasteiger charge is -2.37. The average molecular weight is 459 g/mol. The number of aryl methyl sites for hydroxylation is 1. The molecule has 6 nitrogen and oxygen atoms in total. The molecule has 1 N–H and O–H groups in total. The van der Waals surface area contributed by atoms with E-state index in [9.17, 15) is 4.79 Å². The fraction of sp³-hybridized carbons (Fsp3) is 0.429. The Kier molecular flexibility index (Phi) is 5.21. The van der Waals surface area contributed by atoms with Crippen molar-refractivity contribution in [1.82, 2.24) is 4.90 Å². The van der Waals surface area contributed by atoms with Crippen LogP contribution in [0.1, 0.15) is 77.1 Å². The minimum atomic E-state index is -0.916. The second kappa shape index (κ2) is 8.27. The Morgan fingerprint density at radius 3 is 2.62 bits per heavy atom. The molecule has 1 spiro atoms. The lowest BCUT2D eigenvalue weighted by Crippen LogP contribution is -2.44. The van der Waals surface area contributed by atoms with Crippen LogP contribution in [0.2, 0.25) is 0 Å². The van der Waals surface area contributed by atoms with Crippen LogP contribution in [0.25, 0.3) is 0 Å². The molecule has 0 radical (unpaired) electrons. The first-order chi connectivity index (χ1) is 16.5. The zero-order chi connectivity index (χ0) is 23.3. The number of oxime groups is 1. The number of nitrogens with zero attached hydrogens (tertiary/aromatic N) is 2. The largest absolute Gasteiger partial charge is 0.478 e. The highest BCUT2D eigenvalue weighted by atomic mass is 16.7. The number of allylic oxidation sites excluding steroid dienone is 1. The molecule has 2 aromatic rings. The van der Waals surface area contributed by atoms with Crippen molar-refractivity contribution in [2.45, 2.75) is 63.0 Å². The second-order valence-electron chi connectivity index (χ2n) is 10.2. The Labute approximate surface area is 199 Å². The maximum absolute atomic E-state index is 11.1. The Balaban J connectivity index is 1.10. The number of rotatable bonds is 5. The predicted molar refractivity (Wildman–Crippen MR) is 129 cm³/mol. The third-order valence-corrected chi connectivity index (χ3v) is 7.67. The Morgan fingerprint density at radius 2 is 1.91 bits per heavy atom. The third kappa shape index (κ3) is 4.11. The molecule has 0 bridgehead atoms. The molecule has 0 unspecified atom stereocenters. The average Bonchev–Trinajstić information content (AvgIpc) is 3.61. The molecule has 34 heavy (non-hydrogen) atoms. The molecule has 0 atom stereocenters. The van der Waals surface area contributed by atoms with Crippen molar-refractivity contribution >= 4 is 11.7 Å². The lowest BCUT2D eigenvalue weighted by atomic mass is 9.85. The SMILES string of the molecule is C=C1CCc2cc(CN3CCC4(CC3)CC(c3ccc(C(=O)O)cc3)=NO4)cc(C3CC3)c2O1. The molecule has 0 amide bonds. The van der Waals surface area contributed by atoms with Gasteiger partial charge in [0.2, 0.25) is 0 Å². The maximum atomic E-state index is 11.1. The Bertz CT molecular complexity index is 1170. The van der Waals surface area contributed by atoms with E-state index in [2.05, 4.69) is 28.8 Å². The number of ether oxygens (including phenoxy) is 1. The van der Waals surface area contributed by atoms with Crippen LogP contribution in [0.4, 0.5) is 0 Å². The first-order valence-corrected chi connectivity index (χ1v) is 12.3. The van der Waals surface area contributed by atoms with Gasteiger partial charge in [-0.3, -0.25) is 4.90 Å². The monoisotopic (exact) mass is 458 g/mol. The van der Waals surface area contributed by atoms with Crippen molar-refractivity contribution < 1.29 is 19.5 Å². The molecule has 2 aromatic carbocycles. The normalized spacial score (nSPS) is 21.5. The van der Waals surface area contributed by atoms with Crippen LogP contribution >= 0.6 is 0 Å². The number of carboxylic acid groups (broad SMARTS) is 1. The number of hydrogen-bond acceptors (Lipinski definition) is 5. The summed E-state index contributed by atoms with van der Waals surface area (Å²) in [6, 6.07) is 11.6. The van der Waals surface area contributed by atoms with Gasteiger partial charge < -0.3 is 14.7 Å². The summed E-state index contributed by atoms with van der Waals surface area (Å²) in [7, 11) is 0. The van der Waals surface area contributed by atoms with E-state index in [4.69, 9.17) is 14.7 Å². The van der Waals surface area contributed by atoms with Crippen LogP contribution in [0.5, 0.6) is 5.75 Å². The quantitative estimate of drug-likeness (QED) is 0.662. The number of piperidine rings is 1. The van der Waals surface area contributed by atoms with Crippen molar-refractivity contribution in [3.05, 3.63) is 76.6 Å². The summed E-state index contributed by atoms with van der Waals surface area (Å²) in [5.41, 5.74) is 6.01. The highest BCUT2D eigenvalue weighted by Crippen LogP contribution is 2.48. The first kappa shape index (κ1) is 21.4. The fourth-order valence-electron chi connectivity index (χ4n) is 5.48. The molecule has 3 heterocycles. The van der Waals surface area contributed by atoms with E-state index in [0.717, 1.165) is 74.5 Å². The van der Waals surface area contributed by atoms with Gasteiger partial charge in [-0.15, -0.1) is 0 Å².